The number of carbonyl (C=O) groups excluding carboxylic acids is 4. The number of unbranched alkanes of at least 4 members (excludes halogenated alkanes) is 5. The van der Waals surface area contributed by atoms with E-state index < -0.39 is 11.3 Å². The van der Waals surface area contributed by atoms with Gasteiger partial charge in [-0.05, 0) is 51.9 Å². The molecular weight excluding hydrogens is 482 g/mol. The third-order valence-corrected chi connectivity index (χ3v) is 8.83. The highest BCUT2D eigenvalue weighted by atomic mass is 16.5. The topological polar surface area (TPSA) is 87.2 Å². The summed E-state index contributed by atoms with van der Waals surface area (Å²) in [6.07, 6.45) is 13.6. The van der Waals surface area contributed by atoms with Crippen molar-refractivity contribution in [3.63, 3.8) is 0 Å². The lowest BCUT2D eigenvalue weighted by Gasteiger charge is -2.48. The Hall–Kier alpha value is -2.38. The van der Waals surface area contributed by atoms with Gasteiger partial charge in [0.2, 0.25) is 17.7 Å². The van der Waals surface area contributed by atoms with Crippen molar-refractivity contribution >= 4 is 23.7 Å². The van der Waals surface area contributed by atoms with E-state index >= 15 is 0 Å². The SMILES string of the molecule is CCCCCCCCN1C(=O)[C@H](CC(=O)N2CCN(C(=O)C3CC3)CC2)C[C@@]2(C(=O)OCC)CCCC=C12. The second-order valence-electron chi connectivity index (χ2n) is 11.6. The van der Waals surface area contributed by atoms with E-state index in [-0.39, 0.29) is 36.0 Å². The first-order valence-electron chi connectivity index (χ1n) is 15.2. The maximum absolute atomic E-state index is 13.8. The van der Waals surface area contributed by atoms with E-state index in [2.05, 4.69) is 13.0 Å². The van der Waals surface area contributed by atoms with E-state index in [4.69, 9.17) is 4.74 Å². The van der Waals surface area contributed by atoms with Crippen molar-refractivity contribution in [2.24, 2.45) is 17.3 Å². The largest absolute Gasteiger partial charge is 0.465 e. The summed E-state index contributed by atoms with van der Waals surface area (Å²) in [5.41, 5.74) is -0.0262. The van der Waals surface area contributed by atoms with Gasteiger partial charge in [0, 0.05) is 56.7 Å². The minimum atomic E-state index is -0.843. The second-order valence-corrected chi connectivity index (χ2v) is 11.6. The summed E-state index contributed by atoms with van der Waals surface area (Å²) in [6.45, 7) is 7.04. The number of carbonyl (C=O) groups is 4. The Balaban J connectivity index is 1.44. The molecule has 2 saturated heterocycles. The number of rotatable bonds is 12. The number of likely N-dealkylation sites (tertiary alicyclic amines) is 1. The van der Waals surface area contributed by atoms with E-state index in [1.807, 2.05) is 16.7 Å². The molecular formula is C30H47N3O5. The fraction of sp³-hybridized carbons (Fsp3) is 0.800. The Morgan fingerprint density at radius 1 is 0.974 bits per heavy atom. The van der Waals surface area contributed by atoms with Crippen molar-refractivity contribution in [1.82, 2.24) is 14.7 Å². The van der Waals surface area contributed by atoms with Gasteiger partial charge in [-0.25, -0.2) is 0 Å². The Kier molecular flexibility index (Phi) is 9.88. The van der Waals surface area contributed by atoms with Crippen LogP contribution < -0.4 is 0 Å². The summed E-state index contributed by atoms with van der Waals surface area (Å²) < 4.78 is 5.57. The minimum absolute atomic E-state index is 0.0254. The average Bonchev–Trinajstić information content (AvgIpc) is 3.78. The molecule has 0 aromatic carbocycles. The Labute approximate surface area is 228 Å². The fourth-order valence-corrected chi connectivity index (χ4v) is 6.49. The van der Waals surface area contributed by atoms with Gasteiger partial charge >= 0.3 is 5.97 Å². The van der Waals surface area contributed by atoms with Gasteiger partial charge in [0.15, 0.2) is 0 Å². The van der Waals surface area contributed by atoms with Crippen molar-refractivity contribution in [2.45, 2.75) is 97.3 Å². The third-order valence-electron chi connectivity index (χ3n) is 8.83. The molecule has 4 rings (SSSR count). The summed E-state index contributed by atoms with van der Waals surface area (Å²) in [4.78, 5) is 58.5. The molecule has 0 aromatic rings. The fourth-order valence-electron chi connectivity index (χ4n) is 6.49. The van der Waals surface area contributed by atoms with Gasteiger partial charge in [-0.2, -0.15) is 0 Å². The predicted octanol–water partition coefficient (Wildman–Crippen LogP) is 4.28. The van der Waals surface area contributed by atoms with Crippen LogP contribution >= 0.6 is 0 Å². The minimum Gasteiger partial charge on any atom is -0.465 e. The van der Waals surface area contributed by atoms with Crippen molar-refractivity contribution in [3.8, 4) is 0 Å². The molecule has 2 atom stereocenters. The summed E-state index contributed by atoms with van der Waals surface area (Å²) in [5.74, 6) is -0.458. The normalized spacial score (nSPS) is 25.6. The number of amides is 3. The Morgan fingerprint density at radius 3 is 2.34 bits per heavy atom. The quantitative estimate of drug-likeness (QED) is 0.278. The van der Waals surface area contributed by atoms with Crippen LogP contribution in [0.4, 0.5) is 0 Å². The Morgan fingerprint density at radius 2 is 1.66 bits per heavy atom. The molecule has 3 fully saturated rings. The van der Waals surface area contributed by atoms with Crippen molar-refractivity contribution in [3.05, 3.63) is 11.8 Å². The van der Waals surface area contributed by atoms with E-state index in [1.165, 1.54) is 19.3 Å². The van der Waals surface area contributed by atoms with Gasteiger partial charge in [-0.3, -0.25) is 19.2 Å². The highest BCUT2D eigenvalue weighted by Crippen LogP contribution is 2.50. The monoisotopic (exact) mass is 529 g/mol. The molecule has 0 radical (unpaired) electrons. The lowest BCUT2D eigenvalue weighted by atomic mass is 9.66. The predicted molar refractivity (Wildman–Crippen MR) is 145 cm³/mol. The standard InChI is InChI=1S/C30H47N3O5/c1-3-5-6-7-8-11-16-33-25-12-9-10-15-30(25,29(37)38-4-2)22-24(28(33)36)21-26(34)31-17-19-32(20-18-31)27(35)23-13-14-23/h12,23-24H,3-11,13-22H2,1-2H3/t24-,30+/m1/s1. The molecule has 212 valence electrons. The lowest BCUT2D eigenvalue weighted by molar-refractivity contribution is -0.162. The summed E-state index contributed by atoms with van der Waals surface area (Å²) in [7, 11) is 0. The number of piperidine rings is 1. The number of esters is 1. The molecule has 2 aliphatic carbocycles. The zero-order chi connectivity index (χ0) is 27.1. The van der Waals surface area contributed by atoms with Gasteiger partial charge in [0.1, 0.15) is 5.41 Å². The second kappa shape index (κ2) is 13.1. The number of hydrogen-bond acceptors (Lipinski definition) is 5. The van der Waals surface area contributed by atoms with Crippen LogP contribution in [-0.4, -0.2) is 77.7 Å². The molecule has 0 bridgehead atoms. The van der Waals surface area contributed by atoms with Crippen LogP contribution in [0.5, 0.6) is 0 Å². The zero-order valence-corrected chi connectivity index (χ0v) is 23.5. The molecule has 8 nitrogen and oxygen atoms in total. The first-order chi connectivity index (χ1) is 18.4. The zero-order valence-electron chi connectivity index (χ0n) is 23.5. The van der Waals surface area contributed by atoms with Crippen LogP contribution in [0.3, 0.4) is 0 Å². The van der Waals surface area contributed by atoms with Gasteiger partial charge in [0.25, 0.3) is 0 Å². The lowest BCUT2D eigenvalue weighted by Crippen LogP contribution is -2.55. The number of fused-ring (bicyclic) bond motifs is 1. The Bertz CT molecular complexity index is 906. The number of piperazine rings is 1. The molecule has 4 aliphatic rings. The molecule has 0 spiro atoms. The van der Waals surface area contributed by atoms with E-state index in [1.54, 1.807) is 4.90 Å². The van der Waals surface area contributed by atoms with Crippen molar-refractivity contribution < 1.29 is 23.9 Å². The number of allylic oxidation sites excluding steroid dienone is 1. The van der Waals surface area contributed by atoms with Crippen LogP contribution in [0, 0.1) is 17.3 Å². The summed E-state index contributed by atoms with van der Waals surface area (Å²) >= 11 is 0. The first-order valence-corrected chi connectivity index (χ1v) is 15.2. The van der Waals surface area contributed by atoms with Crippen LogP contribution in [0.2, 0.25) is 0 Å². The van der Waals surface area contributed by atoms with Gasteiger partial charge in [-0.1, -0.05) is 45.1 Å². The number of ether oxygens (including phenoxy) is 1. The number of hydrogen-bond donors (Lipinski definition) is 0. The van der Waals surface area contributed by atoms with Crippen LogP contribution in [-0.2, 0) is 23.9 Å². The van der Waals surface area contributed by atoms with Gasteiger partial charge < -0.3 is 19.4 Å². The molecule has 3 amide bonds. The maximum Gasteiger partial charge on any atom is 0.318 e. The van der Waals surface area contributed by atoms with Gasteiger partial charge in [-0.15, -0.1) is 0 Å². The van der Waals surface area contributed by atoms with E-state index in [9.17, 15) is 19.2 Å². The molecule has 0 unspecified atom stereocenters. The van der Waals surface area contributed by atoms with Crippen molar-refractivity contribution in [1.29, 1.82) is 0 Å². The molecule has 38 heavy (non-hydrogen) atoms. The van der Waals surface area contributed by atoms with Gasteiger partial charge in [0.05, 0.1) is 6.61 Å². The molecule has 2 heterocycles. The van der Waals surface area contributed by atoms with E-state index in [0.717, 1.165) is 50.6 Å². The smallest absolute Gasteiger partial charge is 0.318 e. The van der Waals surface area contributed by atoms with Crippen LogP contribution in [0.25, 0.3) is 0 Å². The highest BCUT2D eigenvalue weighted by molar-refractivity contribution is 5.92. The molecule has 0 N–H and O–H groups in total. The van der Waals surface area contributed by atoms with E-state index in [0.29, 0.717) is 52.2 Å². The van der Waals surface area contributed by atoms with Crippen LogP contribution in [0.1, 0.15) is 97.3 Å². The van der Waals surface area contributed by atoms with Crippen molar-refractivity contribution in [2.75, 3.05) is 39.3 Å². The average molecular weight is 530 g/mol. The summed E-state index contributed by atoms with van der Waals surface area (Å²) in [5, 5.41) is 0. The molecule has 2 aliphatic heterocycles. The summed E-state index contributed by atoms with van der Waals surface area (Å²) in [6, 6.07) is 0. The first kappa shape index (κ1) is 28.6. The van der Waals surface area contributed by atoms with Crippen LogP contribution in [0.15, 0.2) is 11.8 Å². The maximum atomic E-state index is 13.8. The number of nitrogens with zero attached hydrogens (tertiary/aromatic N) is 3. The highest BCUT2D eigenvalue weighted by Gasteiger charge is 2.54. The molecule has 1 saturated carbocycles. The molecule has 0 aromatic heterocycles. The molecule has 8 heteroatoms. The third kappa shape index (κ3) is 6.42.